The summed E-state index contributed by atoms with van der Waals surface area (Å²) in [6.45, 7) is 6.55. The highest BCUT2D eigenvalue weighted by Gasteiger charge is 2.27. The summed E-state index contributed by atoms with van der Waals surface area (Å²) in [7, 11) is -22.9. The molecule has 0 spiro atoms. The number of aromatic hydroxyl groups is 1. The van der Waals surface area contributed by atoms with Gasteiger partial charge in [0.05, 0.1) is 57.2 Å². The number of nitrogens with one attached hydrogen (secondary N) is 2. The van der Waals surface area contributed by atoms with Crippen molar-refractivity contribution in [1.29, 1.82) is 5.26 Å². The van der Waals surface area contributed by atoms with Crippen LogP contribution in [0.5, 0.6) is 11.6 Å². The van der Waals surface area contributed by atoms with Gasteiger partial charge in [-0.2, -0.15) is 57.6 Å². The molecule has 0 saturated carbocycles. The van der Waals surface area contributed by atoms with Crippen LogP contribution < -0.4 is 15.4 Å². The van der Waals surface area contributed by atoms with E-state index in [2.05, 4.69) is 56.5 Å². The Labute approximate surface area is 538 Å². The molecule has 5 aromatic carbocycles. The molecular weight excluding hydrogens is 1370 g/mol. The quantitative estimate of drug-likeness (QED) is 0.0103. The number of imidazole rings is 1. The van der Waals surface area contributed by atoms with Gasteiger partial charge in [0.1, 0.15) is 61.1 Å². The fraction of sp³-hybridized carbons (Fsp3) is 0.269. The van der Waals surface area contributed by atoms with E-state index in [1.807, 2.05) is 6.07 Å². The lowest BCUT2D eigenvalue weighted by Crippen LogP contribution is -2.08. The number of anilines is 2. The number of nitriles is 1. The molecular formula is C52H52ClN13O19S7. The number of amides is 2. The molecule has 40 heteroatoms. The summed E-state index contributed by atoms with van der Waals surface area (Å²) >= 11 is 7.99. The van der Waals surface area contributed by atoms with E-state index in [0.717, 1.165) is 46.1 Å². The van der Waals surface area contributed by atoms with Gasteiger partial charge < -0.3 is 20.5 Å². The summed E-state index contributed by atoms with van der Waals surface area (Å²) in [6, 6.07) is 16.0. The number of hydrogen-bond acceptors (Lipinski definition) is 26. The number of nitrogens with zero attached hydrogens (tertiary/aromatic N) is 11. The predicted octanol–water partition coefficient (Wildman–Crippen LogP) is 12.1. The maximum absolute atomic E-state index is 12.8. The van der Waals surface area contributed by atoms with Crippen LogP contribution in [-0.2, 0) is 60.2 Å². The number of azo groups is 4. The summed E-state index contributed by atoms with van der Waals surface area (Å²) in [4.78, 5) is 28.9. The SMILES string of the molecule is CC(=O)Nc1cc(N=Nc2cc(SCCCS(=O)(=O)O)c(N=Nc3cc(OCCCS(=O)(=O)O)c(N=Nc4c(C)c(C#N)c5nc6c(S(=O)(=O)O)ccc(C)c6n5c4O)cc3C)cc2NC(C)=O)c(SCCCS(=O)(=O)O)cc1N=Nc1ccc(Cl)c(S(=O)(=O)O)c1. The molecule has 2 aromatic heterocycles. The molecule has 2 amide bonds. The predicted molar refractivity (Wildman–Crippen MR) is 339 cm³/mol. The van der Waals surface area contributed by atoms with Gasteiger partial charge in [0.25, 0.3) is 50.6 Å². The first kappa shape index (κ1) is 71.5. The van der Waals surface area contributed by atoms with E-state index in [9.17, 15) is 84.8 Å². The fourth-order valence-electron chi connectivity index (χ4n) is 8.37. The molecule has 0 aliphatic heterocycles. The van der Waals surface area contributed by atoms with Gasteiger partial charge in [-0.05, 0) is 117 Å². The van der Waals surface area contributed by atoms with Gasteiger partial charge in [0, 0.05) is 35.3 Å². The molecule has 7 rings (SSSR count). The van der Waals surface area contributed by atoms with Crippen LogP contribution in [0.15, 0.2) is 127 Å². The van der Waals surface area contributed by atoms with Crippen LogP contribution in [0.4, 0.5) is 56.9 Å². The number of carbonyl (C=O) groups excluding carboxylic acids is 2. The van der Waals surface area contributed by atoms with Crippen molar-refractivity contribution in [3.63, 3.8) is 0 Å². The molecule has 488 valence electrons. The maximum Gasteiger partial charge on any atom is 0.296 e. The molecule has 0 saturated heterocycles. The summed E-state index contributed by atoms with van der Waals surface area (Å²) in [5, 5.41) is 61.7. The minimum Gasteiger partial charge on any atom is -0.493 e. The molecule has 0 bridgehead atoms. The number of rotatable bonds is 27. The van der Waals surface area contributed by atoms with E-state index in [1.54, 1.807) is 13.8 Å². The van der Waals surface area contributed by atoms with Crippen molar-refractivity contribution in [3.05, 3.63) is 94.0 Å². The molecule has 2 heterocycles. The van der Waals surface area contributed by atoms with Gasteiger partial charge in [-0.15, -0.1) is 54.2 Å². The number of hydrogen-bond donors (Lipinski definition) is 8. The zero-order valence-electron chi connectivity index (χ0n) is 48.4. The molecule has 8 N–H and O–H groups in total. The van der Waals surface area contributed by atoms with Crippen LogP contribution >= 0.6 is 35.1 Å². The summed E-state index contributed by atoms with van der Waals surface area (Å²) < 4.78 is 174. The smallest absolute Gasteiger partial charge is 0.296 e. The van der Waals surface area contributed by atoms with Crippen LogP contribution in [0.2, 0.25) is 5.02 Å². The fourth-order valence-corrected chi connectivity index (χ4v) is 13.8. The number of ether oxygens (including phenoxy) is 1. The minimum atomic E-state index is -4.85. The van der Waals surface area contributed by atoms with Crippen molar-refractivity contribution < 1.29 is 84.3 Å². The van der Waals surface area contributed by atoms with Gasteiger partial charge in [0.15, 0.2) is 11.3 Å². The van der Waals surface area contributed by atoms with Crippen molar-refractivity contribution in [3.8, 4) is 17.7 Å². The first-order chi connectivity index (χ1) is 42.9. The molecule has 92 heavy (non-hydrogen) atoms. The van der Waals surface area contributed by atoms with E-state index in [4.69, 9.17) is 16.3 Å². The maximum atomic E-state index is 12.8. The number of halogens is 1. The summed E-state index contributed by atoms with van der Waals surface area (Å²) in [5.74, 6) is -3.93. The minimum absolute atomic E-state index is 0.00207. The van der Waals surface area contributed by atoms with Crippen molar-refractivity contribution in [2.45, 2.75) is 73.5 Å². The second-order valence-electron chi connectivity index (χ2n) is 19.6. The molecule has 7 aromatic rings. The highest BCUT2D eigenvalue weighted by Crippen LogP contribution is 2.46. The molecule has 0 radical (unpaired) electrons. The third-order valence-corrected chi connectivity index (χ3v) is 19.4. The van der Waals surface area contributed by atoms with Crippen molar-refractivity contribution in [2.24, 2.45) is 40.9 Å². The van der Waals surface area contributed by atoms with E-state index >= 15 is 0 Å². The zero-order valence-corrected chi connectivity index (χ0v) is 54.8. The van der Waals surface area contributed by atoms with Crippen LogP contribution in [0, 0.1) is 32.1 Å². The standard InChI is InChI=1S/C52H52ClN13O19S7/c1-27-9-12-46(91(79,80)81)49-50(27)66-51(57-49)33(26-54)29(3)48(52(66)69)65-62-40-19-28(2)35(23-43(40)85-13-6-16-88(70,71)72)59-63-41-22-37(56-31(5)68)39(25-45(41)87-15-8-18-90(76,77)78)61-64-42-21-36(55-30(4)67)38(24-44(42)86-14-7-17-89(73,74)75)60-58-32-10-11-34(53)47(20-32)92(82,83)84/h9-12,19-25,69H,6-8,13-18H2,1-5H3,(H,55,67)(H,56,68)(H,70,71,72)(H,73,74,75)(H,76,77,78)(H,79,80,81)(H,82,83,84). The number of aryl methyl sites for hydroxylation is 2. The first-order valence-electron chi connectivity index (χ1n) is 26.2. The Kier molecular flexibility index (Phi) is 22.8. The molecule has 0 atom stereocenters. The largest absolute Gasteiger partial charge is 0.493 e. The van der Waals surface area contributed by atoms with Gasteiger partial charge in [-0.1, -0.05) is 17.7 Å². The van der Waals surface area contributed by atoms with Crippen LogP contribution in [0.3, 0.4) is 0 Å². The first-order valence-corrected chi connectivity index (χ1v) is 36.3. The lowest BCUT2D eigenvalue weighted by atomic mass is 10.1. The molecule has 0 unspecified atom stereocenters. The lowest BCUT2D eigenvalue weighted by molar-refractivity contribution is -0.115. The third kappa shape index (κ3) is 19.1. The zero-order chi connectivity index (χ0) is 67.8. The molecule has 32 nitrogen and oxygen atoms in total. The molecule has 0 fully saturated rings. The number of benzene rings is 5. The Hall–Kier alpha value is -7.98. The molecule has 0 aliphatic carbocycles. The second kappa shape index (κ2) is 29.3. The van der Waals surface area contributed by atoms with Crippen molar-refractivity contribution in [1.82, 2.24) is 9.38 Å². The van der Waals surface area contributed by atoms with Crippen molar-refractivity contribution >= 4 is 171 Å². The second-order valence-corrected chi connectivity index (χ2v) is 29.8. The van der Waals surface area contributed by atoms with E-state index in [1.165, 1.54) is 69.3 Å². The Bertz CT molecular complexity index is 4910. The topological polar surface area (TPSA) is 499 Å². The summed E-state index contributed by atoms with van der Waals surface area (Å²) in [6.07, 6.45) is -0.419. The normalized spacial score (nSPS) is 12.7. The average molecular weight is 1420 g/mol. The average Bonchev–Trinajstić information content (AvgIpc) is 1.56. The van der Waals surface area contributed by atoms with Crippen LogP contribution in [0.1, 0.15) is 55.4 Å². The van der Waals surface area contributed by atoms with Crippen LogP contribution in [0.25, 0.3) is 16.7 Å². The van der Waals surface area contributed by atoms with Gasteiger partial charge in [0.2, 0.25) is 17.7 Å². The van der Waals surface area contributed by atoms with Gasteiger partial charge >= 0.3 is 0 Å². The Morgan fingerprint density at radius 2 is 1.11 bits per heavy atom. The molecule has 0 aliphatic rings. The lowest BCUT2D eigenvalue weighted by Gasteiger charge is -2.13. The summed E-state index contributed by atoms with van der Waals surface area (Å²) in [5.41, 5.74) is -0.399. The highest BCUT2D eigenvalue weighted by molar-refractivity contribution is 7.99. The Morgan fingerprint density at radius 3 is 1.62 bits per heavy atom. The van der Waals surface area contributed by atoms with Crippen LogP contribution in [-0.4, -0.2) is 127 Å². The highest BCUT2D eigenvalue weighted by atomic mass is 35.5. The van der Waals surface area contributed by atoms with Gasteiger partial charge in [-0.3, -0.25) is 36.8 Å². The van der Waals surface area contributed by atoms with E-state index < -0.39 is 95.3 Å². The third-order valence-electron chi connectivity index (χ3n) is 12.5. The number of carbonyl (C=O) groups is 2. The van der Waals surface area contributed by atoms with Gasteiger partial charge in [-0.25, -0.2) is 4.98 Å². The number of thioether (sulfide) groups is 2. The number of fused-ring (bicyclic) bond motifs is 3. The monoisotopic (exact) mass is 1420 g/mol. The number of pyridine rings is 1. The van der Waals surface area contributed by atoms with E-state index in [0.29, 0.717) is 11.1 Å². The van der Waals surface area contributed by atoms with E-state index in [-0.39, 0.29) is 143 Å². The van der Waals surface area contributed by atoms with Crippen molar-refractivity contribution in [2.75, 3.05) is 46.0 Å². The number of aromatic nitrogens is 2. The Balaban J connectivity index is 1.35. The Morgan fingerprint density at radius 1 is 0.609 bits per heavy atom.